The molecule has 2 aromatic carbocycles. The molecular weight excluding hydrogens is 294 g/mol. The molecule has 24 heavy (non-hydrogen) atoms. The molecule has 1 aliphatic rings. The van der Waals surface area contributed by atoms with Gasteiger partial charge in [0.25, 0.3) is 0 Å². The highest BCUT2D eigenvalue weighted by Gasteiger charge is 2.35. The van der Waals surface area contributed by atoms with E-state index in [0.29, 0.717) is 6.04 Å². The van der Waals surface area contributed by atoms with Gasteiger partial charge >= 0.3 is 0 Å². The number of rotatable bonds is 5. The molecule has 0 radical (unpaired) electrons. The fraction of sp³-hybridized carbons (Fsp3) is 0.455. The number of benzene rings is 2. The Bertz CT molecular complexity index is 654. The van der Waals surface area contributed by atoms with Crippen molar-refractivity contribution < 1.29 is 4.74 Å². The lowest BCUT2D eigenvalue weighted by Crippen LogP contribution is -2.49. The van der Waals surface area contributed by atoms with Crippen LogP contribution in [-0.2, 0) is 11.8 Å². The lowest BCUT2D eigenvalue weighted by Gasteiger charge is -2.45. The molecule has 2 atom stereocenters. The van der Waals surface area contributed by atoms with Crippen LogP contribution in [0.15, 0.2) is 54.6 Å². The number of likely N-dealkylation sites (tertiary alicyclic amines) is 1. The summed E-state index contributed by atoms with van der Waals surface area (Å²) >= 11 is 0. The quantitative estimate of drug-likeness (QED) is 0.792. The molecule has 1 aliphatic heterocycles. The number of methoxy groups -OCH3 is 1. The van der Waals surface area contributed by atoms with Gasteiger partial charge in [0, 0.05) is 24.5 Å². The van der Waals surface area contributed by atoms with Crippen molar-refractivity contribution in [3.05, 3.63) is 65.7 Å². The summed E-state index contributed by atoms with van der Waals surface area (Å²) in [6.45, 7) is 7.03. The number of hydrogen-bond acceptors (Lipinski definition) is 2. The zero-order valence-corrected chi connectivity index (χ0v) is 15.2. The van der Waals surface area contributed by atoms with Crippen LogP contribution in [0, 0.1) is 0 Å². The van der Waals surface area contributed by atoms with Gasteiger partial charge in [-0.05, 0) is 49.4 Å². The molecule has 1 heterocycles. The summed E-state index contributed by atoms with van der Waals surface area (Å²) < 4.78 is 5.43. The zero-order chi connectivity index (χ0) is 17.0. The van der Waals surface area contributed by atoms with Crippen molar-refractivity contribution in [3.63, 3.8) is 0 Å². The van der Waals surface area contributed by atoms with Crippen molar-refractivity contribution in [3.8, 4) is 5.75 Å². The predicted octanol–water partition coefficient (Wildman–Crippen LogP) is 4.68. The Kier molecular flexibility index (Phi) is 5.25. The first-order valence-electron chi connectivity index (χ1n) is 9.03. The topological polar surface area (TPSA) is 12.5 Å². The van der Waals surface area contributed by atoms with Gasteiger partial charge in [-0.25, -0.2) is 0 Å². The molecule has 0 bridgehead atoms. The van der Waals surface area contributed by atoms with E-state index < -0.39 is 0 Å². The third-order valence-electron chi connectivity index (χ3n) is 5.59. The summed E-state index contributed by atoms with van der Waals surface area (Å²) in [5.74, 6) is 0.961. The SMILES string of the molecule is COc1cccc([C@]2(C)CC[C@H](C)N(CCc3ccccc3)C2)c1. The predicted molar refractivity (Wildman–Crippen MR) is 101 cm³/mol. The molecule has 3 rings (SSSR count). The molecule has 0 aliphatic carbocycles. The van der Waals surface area contributed by atoms with Gasteiger partial charge in [0.1, 0.15) is 5.75 Å². The van der Waals surface area contributed by atoms with Crippen LogP contribution in [0.4, 0.5) is 0 Å². The molecule has 2 aromatic rings. The second-order valence-electron chi connectivity index (χ2n) is 7.39. The van der Waals surface area contributed by atoms with E-state index in [9.17, 15) is 0 Å². The van der Waals surface area contributed by atoms with E-state index in [-0.39, 0.29) is 5.41 Å². The molecule has 0 unspecified atom stereocenters. The van der Waals surface area contributed by atoms with E-state index in [0.717, 1.165) is 25.3 Å². The highest BCUT2D eigenvalue weighted by Crippen LogP contribution is 2.37. The fourth-order valence-corrected chi connectivity index (χ4v) is 3.84. The molecule has 0 aromatic heterocycles. The third-order valence-corrected chi connectivity index (χ3v) is 5.59. The van der Waals surface area contributed by atoms with Gasteiger partial charge < -0.3 is 4.74 Å². The Morgan fingerprint density at radius 1 is 1.12 bits per heavy atom. The van der Waals surface area contributed by atoms with Crippen molar-refractivity contribution in [2.75, 3.05) is 20.2 Å². The molecule has 128 valence electrons. The Labute approximate surface area is 146 Å². The molecule has 2 nitrogen and oxygen atoms in total. The van der Waals surface area contributed by atoms with Crippen molar-refractivity contribution in [2.24, 2.45) is 0 Å². The second kappa shape index (κ2) is 7.40. The summed E-state index contributed by atoms with van der Waals surface area (Å²) in [6.07, 6.45) is 3.62. The highest BCUT2D eigenvalue weighted by atomic mass is 16.5. The summed E-state index contributed by atoms with van der Waals surface area (Å²) in [4.78, 5) is 2.66. The smallest absolute Gasteiger partial charge is 0.119 e. The Balaban J connectivity index is 1.72. The summed E-state index contributed by atoms with van der Waals surface area (Å²) in [5, 5.41) is 0. The molecular formula is C22H29NO. The number of hydrogen-bond donors (Lipinski definition) is 0. The van der Waals surface area contributed by atoms with Crippen LogP contribution < -0.4 is 4.74 Å². The minimum Gasteiger partial charge on any atom is -0.497 e. The van der Waals surface area contributed by atoms with E-state index >= 15 is 0 Å². The average molecular weight is 323 g/mol. The van der Waals surface area contributed by atoms with Gasteiger partial charge in [-0.2, -0.15) is 0 Å². The third kappa shape index (κ3) is 3.81. The molecule has 1 fully saturated rings. The number of nitrogens with zero attached hydrogens (tertiary/aromatic N) is 1. The van der Waals surface area contributed by atoms with E-state index in [1.165, 1.54) is 24.0 Å². The maximum atomic E-state index is 5.43. The van der Waals surface area contributed by atoms with Crippen LogP contribution in [-0.4, -0.2) is 31.1 Å². The van der Waals surface area contributed by atoms with E-state index in [1.54, 1.807) is 7.11 Å². The van der Waals surface area contributed by atoms with E-state index in [2.05, 4.69) is 67.3 Å². The maximum Gasteiger partial charge on any atom is 0.119 e. The molecule has 2 heteroatoms. The van der Waals surface area contributed by atoms with Crippen molar-refractivity contribution in [1.29, 1.82) is 0 Å². The lowest BCUT2D eigenvalue weighted by atomic mass is 9.74. The molecule has 0 saturated carbocycles. The summed E-state index contributed by atoms with van der Waals surface area (Å²) in [5.41, 5.74) is 3.04. The van der Waals surface area contributed by atoms with Gasteiger partial charge in [-0.3, -0.25) is 4.90 Å². The van der Waals surface area contributed by atoms with Gasteiger partial charge in [0.2, 0.25) is 0 Å². The summed E-state index contributed by atoms with van der Waals surface area (Å²) in [6, 6.07) is 20.1. The molecule has 0 amide bonds. The van der Waals surface area contributed by atoms with Crippen molar-refractivity contribution in [2.45, 2.75) is 44.6 Å². The van der Waals surface area contributed by atoms with Crippen molar-refractivity contribution >= 4 is 0 Å². The highest BCUT2D eigenvalue weighted by molar-refractivity contribution is 5.34. The second-order valence-corrected chi connectivity index (χ2v) is 7.39. The maximum absolute atomic E-state index is 5.43. The average Bonchev–Trinajstić information content (AvgIpc) is 2.63. The minimum atomic E-state index is 0.206. The standard InChI is InChI=1S/C22H29NO/c1-18-12-14-22(2,20-10-7-11-21(16-20)24-3)17-23(18)15-13-19-8-5-4-6-9-19/h4-11,16,18H,12-15,17H2,1-3H3/t18-,22+/m0/s1. The van der Waals surface area contributed by atoms with Crippen LogP contribution in [0.2, 0.25) is 0 Å². The normalized spacial score (nSPS) is 24.7. The van der Waals surface area contributed by atoms with Crippen LogP contribution in [0.1, 0.15) is 37.8 Å². The lowest BCUT2D eigenvalue weighted by molar-refractivity contribution is 0.105. The molecule has 0 spiro atoms. The number of piperidine rings is 1. The summed E-state index contributed by atoms with van der Waals surface area (Å²) in [7, 11) is 1.75. The largest absolute Gasteiger partial charge is 0.497 e. The van der Waals surface area contributed by atoms with Gasteiger partial charge in [-0.1, -0.05) is 49.4 Å². The van der Waals surface area contributed by atoms with Crippen LogP contribution in [0.25, 0.3) is 0 Å². The molecule has 1 saturated heterocycles. The Morgan fingerprint density at radius 3 is 2.67 bits per heavy atom. The van der Waals surface area contributed by atoms with Gasteiger partial charge in [0.15, 0.2) is 0 Å². The number of ether oxygens (including phenoxy) is 1. The molecule has 0 N–H and O–H groups in total. The first-order valence-corrected chi connectivity index (χ1v) is 9.03. The first-order chi connectivity index (χ1) is 11.6. The van der Waals surface area contributed by atoms with Gasteiger partial charge in [0.05, 0.1) is 7.11 Å². The minimum absolute atomic E-state index is 0.206. The monoisotopic (exact) mass is 323 g/mol. The zero-order valence-electron chi connectivity index (χ0n) is 15.2. The van der Waals surface area contributed by atoms with Crippen molar-refractivity contribution in [1.82, 2.24) is 4.90 Å². The van der Waals surface area contributed by atoms with E-state index in [1.807, 2.05) is 6.07 Å². The Hall–Kier alpha value is -1.80. The van der Waals surface area contributed by atoms with Gasteiger partial charge in [-0.15, -0.1) is 0 Å². The van der Waals surface area contributed by atoms with Crippen LogP contribution >= 0.6 is 0 Å². The first kappa shape index (κ1) is 17.0. The van der Waals surface area contributed by atoms with Crippen LogP contribution in [0.5, 0.6) is 5.75 Å². The fourth-order valence-electron chi connectivity index (χ4n) is 3.84. The Morgan fingerprint density at radius 2 is 1.92 bits per heavy atom. The van der Waals surface area contributed by atoms with Crippen LogP contribution in [0.3, 0.4) is 0 Å². The van der Waals surface area contributed by atoms with E-state index in [4.69, 9.17) is 4.74 Å².